The molecule has 0 aliphatic heterocycles. The van der Waals surface area contributed by atoms with Crippen molar-refractivity contribution < 1.29 is 4.42 Å². The van der Waals surface area contributed by atoms with Gasteiger partial charge in [0.15, 0.2) is 0 Å². The van der Waals surface area contributed by atoms with Crippen LogP contribution in [-0.2, 0) is 5.41 Å². The molecule has 3 nitrogen and oxygen atoms in total. The summed E-state index contributed by atoms with van der Waals surface area (Å²) in [5.74, 6) is 0. The van der Waals surface area contributed by atoms with Gasteiger partial charge in [-0.15, -0.1) is 0 Å². The molecule has 12 aromatic carbocycles. The van der Waals surface area contributed by atoms with Crippen LogP contribution in [0.2, 0.25) is 0 Å². The van der Waals surface area contributed by atoms with Gasteiger partial charge in [0.05, 0.1) is 22.1 Å². The summed E-state index contributed by atoms with van der Waals surface area (Å²) in [6.07, 6.45) is 0. The zero-order chi connectivity index (χ0) is 48.5. The van der Waals surface area contributed by atoms with E-state index in [0.29, 0.717) is 0 Å². The minimum atomic E-state index is -0.466. The van der Waals surface area contributed by atoms with Crippen LogP contribution in [-0.4, -0.2) is 4.57 Å². The fourth-order valence-electron chi connectivity index (χ4n) is 13.1. The van der Waals surface area contributed by atoms with Gasteiger partial charge in [-0.2, -0.15) is 0 Å². The van der Waals surface area contributed by atoms with Gasteiger partial charge in [-0.05, 0) is 122 Å². The summed E-state index contributed by atoms with van der Waals surface area (Å²) in [7, 11) is 0. The molecule has 0 saturated heterocycles. The van der Waals surface area contributed by atoms with Crippen molar-refractivity contribution in [2.45, 2.75) is 5.41 Å². The van der Waals surface area contributed by atoms with Crippen LogP contribution in [0.4, 0.5) is 17.1 Å². The van der Waals surface area contributed by atoms with Crippen molar-refractivity contribution in [2.24, 2.45) is 0 Å². The predicted molar refractivity (Wildman–Crippen MR) is 307 cm³/mol. The molecule has 0 unspecified atom stereocenters. The number of nitrogens with zero attached hydrogens (tertiary/aromatic N) is 2. The quantitative estimate of drug-likeness (QED) is 0.166. The second kappa shape index (κ2) is 15.6. The van der Waals surface area contributed by atoms with E-state index in [4.69, 9.17) is 4.42 Å². The Labute approximate surface area is 428 Å². The highest BCUT2D eigenvalue weighted by molar-refractivity contribution is 6.17. The van der Waals surface area contributed by atoms with Gasteiger partial charge in [-0.3, -0.25) is 0 Å². The van der Waals surface area contributed by atoms with E-state index in [0.717, 1.165) is 72.3 Å². The molecule has 344 valence electrons. The van der Waals surface area contributed by atoms with E-state index in [1.807, 2.05) is 0 Å². The van der Waals surface area contributed by atoms with Gasteiger partial charge in [0.2, 0.25) is 0 Å². The first kappa shape index (κ1) is 41.0. The third kappa shape index (κ3) is 5.66. The predicted octanol–water partition coefficient (Wildman–Crippen LogP) is 19.0. The maximum Gasteiger partial charge on any atom is 0.143 e. The lowest BCUT2D eigenvalue weighted by Gasteiger charge is -2.32. The van der Waals surface area contributed by atoms with Gasteiger partial charge in [-0.25, -0.2) is 0 Å². The Morgan fingerprint density at radius 3 is 1.54 bits per heavy atom. The molecule has 14 aromatic rings. The van der Waals surface area contributed by atoms with E-state index in [-0.39, 0.29) is 0 Å². The number of anilines is 3. The second-order valence-electron chi connectivity index (χ2n) is 19.9. The Morgan fingerprint density at radius 2 is 0.838 bits per heavy atom. The third-order valence-corrected chi connectivity index (χ3v) is 16.2. The van der Waals surface area contributed by atoms with Crippen molar-refractivity contribution in [3.05, 3.63) is 289 Å². The minimum Gasteiger partial charge on any atom is -0.455 e. The number of hydrogen-bond acceptors (Lipinski definition) is 2. The highest BCUT2D eigenvalue weighted by Crippen LogP contribution is 2.64. The molecule has 74 heavy (non-hydrogen) atoms. The summed E-state index contributed by atoms with van der Waals surface area (Å²) in [4.78, 5) is 2.47. The lowest BCUT2D eigenvalue weighted by molar-refractivity contribution is 0.674. The van der Waals surface area contributed by atoms with Crippen molar-refractivity contribution in [1.29, 1.82) is 0 Å². The summed E-state index contributed by atoms with van der Waals surface area (Å²) >= 11 is 0. The number of hydrogen-bond donors (Lipinski definition) is 0. The summed E-state index contributed by atoms with van der Waals surface area (Å²) in [6.45, 7) is 0. The van der Waals surface area contributed by atoms with E-state index < -0.39 is 5.41 Å². The van der Waals surface area contributed by atoms with Gasteiger partial charge in [0, 0.05) is 55.1 Å². The lowest BCUT2D eigenvalue weighted by atomic mass is 9.70. The van der Waals surface area contributed by atoms with Crippen LogP contribution >= 0.6 is 0 Å². The normalized spacial score (nSPS) is 13.0. The first-order valence-electron chi connectivity index (χ1n) is 25.6. The van der Waals surface area contributed by atoms with Crippen LogP contribution in [0.25, 0.3) is 105 Å². The Balaban J connectivity index is 0.869. The van der Waals surface area contributed by atoms with E-state index in [2.05, 4.69) is 276 Å². The smallest absolute Gasteiger partial charge is 0.143 e. The summed E-state index contributed by atoms with van der Waals surface area (Å²) in [5.41, 5.74) is 23.1. The van der Waals surface area contributed by atoms with Crippen molar-refractivity contribution >= 4 is 71.6 Å². The highest BCUT2D eigenvalue weighted by Gasteiger charge is 2.52. The largest absolute Gasteiger partial charge is 0.455 e. The van der Waals surface area contributed by atoms with Crippen LogP contribution in [0, 0.1) is 0 Å². The van der Waals surface area contributed by atoms with Gasteiger partial charge in [-0.1, -0.05) is 206 Å². The van der Waals surface area contributed by atoms with E-state index in [1.165, 1.54) is 71.7 Å². The molecule has 0 atom stereocenters. The van der Waals surface area contributed by atoms with Crippen LogP contribution in [0.3, 0.4) is 0 Å². The second-order valence-corrected chi connectivity index (χ2v) is 19.9. The van der Waals surface area contributed by atoms with Gasteiger partial charge in [0.1, 0.15) is 11.2 Å². The SMILES string of the molecule is c1cc(-c2ccc(N(c3ccc(-c4cccc5c4oc4c6ccccc6ccc54)cc3)c3cccc4c3-c3ccccc3C43c4ccccc4-c4ccccc43)cc2)cc(-n2c3ccccc3c3ccccc32)c1. The third-order valence-electron chi connectivity index (χ3n) is 16.2. The first-order chi connectivity index (χ1) is 36.7. The number of rotatable bonds is 6. The summed E-state index contributed by atoms with van der Waals surface area (Å²) in [6, 6.07) is 98.2. The van der Waals surface area contributed by atoms with Gasteiger partial charge >= 0.3 is 0 Å². The summed E-state index contributed by atoms with van der Waals surface area (Å²) < 4.78 is 9.24. The molecule has 3 heteroatoms. The van der Waals surface area contributed by atoms with E-state index >= 15 is 0 Å². The Kier molecular flexibility index (Phi) is 8.66. The molecule has 2 aliphatic rings. The zero-order valence-electron chi connectivity index (χ0n) is 40.2. The van der Waals surface area contributed by atoms with Crippen molar-refractivity contribution in [3.63, 3.8) is 0 Å². The Hall–Kier alpha value is -9.70. The molecule has 16 rings (SSSR count). The molecule has 2 aliphatic carbocycles. The Morgan fingerprint density at radius 1 is 0.324 bits per heavy atom. The molecule has 0 fully saturated rings. The molecule has 2 heterocycles. The Bertz CT molecular complexity index is 4510. The lowest BCUT2D eigenvalue weighted by Crippen LogP contribution is -2.26. The minimum absolute atomic E-state index is 0.466. The zero-order valence-corrected chi connectivity index (χ0v) is 40.2. The topological polar surface area (TPSA) is 21.3 Å². The van der Waals surface area contributed by atoms with Gasteiger partial charge in [0.25, 0.3) is 0 Å². The van der Waals surface area contributed by atoms with Crippen LogP contribution < -0.4 is 4.90 Å². The average molecular weight is 941 g/mol. The number of benzene rings is 12. The van der Waals surface area contributed by atoms with Crippen LogP contribution in [0.15, 0.2) is 271 Å². The average Bonchev–Trinajstić information content (AvgIpc) is 4.22. The molecule has 0 amide bonds. The molecular weight excluding hydrogens is 897 g/mol. The number of aromatic nitrogens is 1. The van der Waals surface area contributed by atoms with E-state index in [1.54, 1.807) is 0 Å². The fourth-order valence-corrected chi connectivity index (χ4v) is 13.1. The van der Waals surface area contributed by atoms with Crippen molar-refractivity contribution in [2.75, 3.05) is 4.90 Å². The molecular formula is C71H44N2O. The van der Waals surface area contributed by atoms with E-state index in [9.17, 15) is 0 Å². The standard InChI is InChI=1S/C71H44N2O/c1-2-19-52-46(16-1)38-43-59-58-26-14-25-53(69(58)74-70(52)59)47-36-41-50(42-37-47)72(49-39-34-45(35-40-49)48-17-13-18-51(44-48)73-65-31-11-6-22-56(65)57-23-7-12-32-66(57)73)67-33-15-30-64-68(67)60-24-5-10-29-63(60)71(64)61-27-8-3-20-54(61)55-21-4-9-28-62(55)71/h1-44H. The number of fused-ring (bicyclic) bond motifs is 18. The van der Waals surface area contributed by atoms with Crippen molar-refractivity contribution in [3.8, 4) is 50.2 Å². The molecule has 0 N–H and O–H groups in total. The fraction of sp³-hybridized carbons (Fsp3) is 0.0141. The molecule has 0 bridgehead atoms. The number of furan rings is 1. The summed E-state index contributed by atoms with van der Waals surface area (Å²) in [5, 5.41) is 7.07. The maximum atomic E-state index is 6.85. The highest BCUT2D eigenvalue weighted by atomic mass is 16.3. The molecule has 0 saturated carbocycles. The molecule has 2 aromatic heterocycles. The van der Waals surface area contributed by atoms with Crippen LogP contribution in [0.1, 0.15) is 22.3 Å². The number of para-hydroxylation sites is 3. The van der Waals surface area contributed by atoms with Crippen LogP contribution in [0.5, 0.6) is 0 Å². The maximum absolute atomic E-state index is 6.85. The first-order valence-corrected chi connectivity index (χ1v) is 25.6. The molecule has 1 spiro atoms. The molecule has 0 radical (unpaired) electrons. The van der Waals surface area contributed by atoms with Crippen molar-refractivity contribution in [1.82, 2.24) is 4.57 Å². The van der Waals surface area contributed by atoms with Gasteiger partial charge < -0.3 is 13.9 Å². The monoisotopic (exact) mass is 940 g/mol.